The summed E-state index contributed by atoms with van der Waals surface area (Å²) in [6, 6.07) is 0. The smallest absolute Gasteiger partial charge is 0.222 e. The average Bonchev–Trinajstić information content (AvgIpc) is 2.63. The number of rotatable bonds is 1. The van der Waals surface area contributed by atoms with E-state index < -0.39 is 5.82 Å². The Kier molecular flexibility index (Phi) is 2.23. The topological polar surface area (TPSA) is 77.8 Å². The molecule has 1 aromatic rings. The fourth-order valence-corrected chi connectivity index (χ4v) is 1.97. The van der Waals surface area contributed by atoms with Crippen molar-refractivity contribution in [3.05, 3.63) is 11.5 Å². The molecule has 0 spiro atoms. The van der Waals surface area contributed by atoms with Crippen LogP contribution in [0.3, 0.4) is 0 Å². The maximum absolute atomic E-state index is 13.5. The molecule has 0 aliphatic heterocycles. The van der Waals surface area contributed by atoms with Crippen LogP contribution in [0.4, 0.5) is 16.2 Å². The Morgan fingerprint density at radius 3 is 2.43 bits per heavy atom. The summed E-state index contributed by atoms with van der Waals surface area (Å²) in [7, 11) is 0. The molecule has 4 N–H and O–H groups in total. The van der Waals surface area contributed by atoms with Crippen molar-refractivity contribution in [2.45, 2.75) is 31.6 Å². The number of nitrogens with two attached hydrogens (primary N) is 2. The molecule has 76 valence electrons. The molecule has 4 nitrogen and oxygen atoms in total. The molecule has 1 fully saturated rings. The van der Waals surface area contributed by atoms with E-state index in [1.165, 1.54) is 0 Å². The minimum absolute atomic E-state index is 0.0609. The van der Waals surface area contributed by atoms with Crippen LogP contribution < -0.4 is 11.5 Å². The predicted molar refractivity (Wildman–Crippen MR) is 52.0 cm³/mol. The maximum Gasteiger partial charge on any atom is 0.222 e. The molecule has 0 bridgehead atoms. The van der Waals surface area contributed by atoms with Gasteiger partial charge in [-0.1, -0.05) is 12.8 Å². The van der Waals surface area contributed by atoms with Crippen molar-refractivity contribution in [3.63, 3.8) is 0 Å². The van der Waals surface area contributed by atoms with Crippen LogP contribution in [0.5, 0.6) is 0 Å². The van der Waals surface area contributed by atoms with Crippen molar-refractivity contribution in [2.75, 3.05) is 11.5 Å². The first-order chi connectivity index (χ1) is 6.68. The van der Waals surface area contributed by atoms with E-state index in [1.54, 1.807) is 0 Å². The zero-order chi connectivity index (χ0) is 10.1. The molecule has 0 saturated heterocycles. The molecule has 1 heterocycles. The lowest BCUT2D eigenvalue weighted by Crippen LogP contribution is -2.09. The van der Waals surface area contributed by atoms with Crippen LogP contribution in [-0.4, -0.2) is 9.97 Å². The Morgan fingerprint density at radius 2 is 1.79 bits per heavy atom. The molecule has 1 aromatic heterocycles. The number of anilines is 2. The highest BCUT2D eigenvalue weighted by atomic mass is 19.1. The van der Waals surface area contributed by atoms with Crippen molar-refractivity contribution < 1.29 is 4.39 Å². The zero-order valence-corrected chi connectivity index (χ0v) is 7.83. The molecule has 1 saturated carbocycles. The lowest BCUT2D eigenvalue weighted by Gasteiger charge is -2.10. The van der Waals surface area contributed by atoms with Gasteiger partial charge in [0.25, 0.3) is 0 Å². The van der Waals surface area contributed by atoms with E-state index in [2.05, 4.69) is 9.97 Å². The van der Waals surface area contributed by atoms with Crippen molar-refractivity contribution in [1.82, 2.24) is 9.97 Å². The van der Waals surface area contributed by atoms with Gasteiger partial charge in [0.2, 0.25) is 5.95 Å². The number of hydrogen-bond donors (Lipinski definition) is 2. The van der Waals surface area contributed by atoms with Crippen LogP contribution in [0.1, 0.15) is 37.3 Å². The van der Waals surface area contributed by atoms with Gasteiger partial charge in [0, 0.05) is 5.92 Å². The first kappa shape index (κ1) is 9.18. The molecule has 0 amide bonds. The number of aromatic nitrogens is 2. The summed E-state index contributed by atoms with van der Waals surface area (Å²) >= 11 is 0. The van der Waals surface area contributed by atoms with Crippen LogP contribution in [0.2, 0.25) is 0 Å². The van der Waals surface area contributed by atoms with Gasteiger partial charge in [-0.3, -0.25) is 0 Å². The van der Waals surface area contributed by atoms with Crippen molar-refractivity contribution >= 4 is 11.8 Å². The van der Waals surface area contributed by atoms with Crippen molar-refractivity contribution in [1.29, 1.82) is 0 Å². The van der Waals surface area contributed by atoms with Gasteiger partial charge in [-0.15, -0.1) is 0 Å². The third kappa shape index (κ3) is 1.49. The van der Waals surface area contributed by atoms with Crippen LogP contribution in [0.25, 0.3) is 0 Å². The molecule has 0 atom stereocenters. The Bertz CT molecular complexity index is 347. The van der Waals surface area contributed by atoms with Gasteiger partial charge in [0.05, 0.1) is 5.69 Å². The molecule has 1 aliphatic rings. The van der Waals surface area contributed by atoms with Crippen LogP contribution in [0, 0.1) is 5.82 Å². The number of nitrogens with zero attached hydrogens (tertiary/aromatic N) is 2. The highest BCUT2D eigenvalue weighted by molar-refractivity contribution is 5.39. The van der Waals surface area contributed by atoms with Crippen LogP contribution in [0.15, 0.2) is 0 Å². The summed E-state index contributed by atoms with van der Waals surface area (Å²) in [5, 5.41) is 0. The second kappa shape index (κ2) is 3.40. The summed E-state index contributed by atoms with van der Waals surface area (Å²) < 4.78 is 13.5. The van der Waals surface area contributed by atoms with Crippen molar-refractivity contribution in [2.24, 2.45) is 0 Å². The van der Waals surface area contributed by atoms with Gasteiger partial charge >= 0.3 is 0 Å². The predicted octanol–water partition coefficient (Wildman–Crippen LogP) is 1.44. The lowest BCUT2D eigenvalue weighted by molar-refractivity contribution is 0.563. The van der Waals surface area contributed by atoms with Gasteiger partial charge in [0.1, 0.15) is 0 Å². The van der Waals surface area contributed by atoms with Gasteiger partial charge in [0.15, 0.2) is 11.6 Å². The third-order valence-electron chi connectivity index (χ3n) is 2.66. The minimum atomic E-state index is -0.494. The van der Waals surface area contributed by atoms with Crippen LogP contribution in [-0.2, 0) is 0 Å². The van der Waals surface area contributed by atoms with E-state index in [1.807, 2.05) is 0 Å². The standard InChI is InChI=1S/C9H13FN4/c10-6-7(5-3-1-2-4-5)13-9(12)14-8(6)11/h5H,1-4H2,(H4,11,12,13,14). The molecular formula is C9H13FN4. The van der Waals surface area contributed by atoms with E-state index in [0.29, 0.717) is 5.69 Å². The molecule has 0 radical (unpaired) electrons. The molecular weight excluding hydrogens is 183 g/mol. The number of nitrogen functional groups attached to an aromatic ring is 2. The Balaban J connectivity index is 2.40. The fourth-order valence-electron chi connectivity index (χ4n) is 1.97. The highest BCUT2D eigenvalue weighted by Gasteiger charge is 2.23. The summed E-state index contributed by atoms with van der Waals surface area (Å²) in [5.41, 5.74) is 11.2. The summed E-state index contributed by atoms with van der Waals surface area (Å²) in [4.78, 5) is 7.50. The van der Waals surface area contributed by atoms with Crippen LogP contribution >= 0.6 is 0 Å². The molecule has 5 heteroatoms. The Morgan fingerprint density at radius 1 is 1.14 bits per heavy atom. The molecule has 0 aromatic carbocycles. The maximum atomic E-state index is 13.5. The normalized spacial score (nSPS) is 17.5. The Labute approximate surface area is 81.5 Å². The lowest BCUT2D eigenvalue weighted by atomic mass is 10.0. The van der Waals surface area contributed by atoms with Gasteiger partial charge in [-0.05, 0) is 12.8 Å². The molecule has 1 aliphatic carbocycles. The van der Waals surface area contributed by atoms with Gasteiger partial charge < -0.3 is 11.5 Å². The van der Waals surface area contributed by atoms with E-state index in [9.17, 15) is 4.39 Å². The summed E-state index contributed by atoms with van der Waals surface area (Å²) in [6.45, 7) is 0. The van der Waals surface area contributed by atoms with E-state index in [0.717, 1.165) is 25.7 Å². The molecule has 0 unspecified atom stereocenters. The third-order valence-corrected chi connectivity index (χ3v) is 2.66. The average molecular weight is 196 g/mol. The SMILES string of the molecule is Nc1nc(N)c(F)c(C2CCCC2)n1. The quantitative estimate of drug-likeness (QED) is 0.712. The van der Waals surface area contributed by atoms with Gasteiger partial charge in [-0.25, -0.2) is 9.37 Å². The van der Waals surface area contributed by atoms with E-state index >= 15 is 0 Å². The first-order valence-corrected chi connectivity index (χ1v) is 4.77. The second-order valence-corrected chi connectivity index (χ2v) is 3.65. The minimum Gasteiger partial charge on any atom is -0.381 e. The summed E-state index contributed by atoms with van der Waals surface area (Å²) in [5.74, 6) is -0.404. The summed E-state index contributed by atoms with van der Waals surface area (Å²) in [6.07, 6.45) is 4.17. The Hall–Kier alpha value is -1.39. The molecule has 14 heavy (non-hydrogen) atoms. The molecule has 2 rings (SSSR count). The van der Waals surface area contributed by atoms with E-state index in [4.69, 9.17) is 11.5 Å². The van der Waals surface area contributed by atoms with E-state index in [-0.39, 0.29) is 17.7 Å². The highest BCUT2D eigenvalue weighted by Crippen LogP contribution is 2.35. The largest absolute Gasteiger partial charge is 0.381 e. The van der Waals surface area contributed by atoms with Crippen molar-refractivity contribution in [3.8, 4) is 0 Å². The van der Waals surface area contributed by atoms with Gasteiger partial charge in [-0.2, -0.15) is 4.98 Å². The second-order valence-electron chi connectivity index (χ2n) is 3.65. The first-order valence-electron chi connectivity index (χ1n) is 4.77. The number of hydrogen-bond acceptors (Lipinski definition) is 4. The fraction of sp³-hybridized carbons (Fsp3) is 0.556. The zero-order valence-electron chi connectivity index (χ0n) is 7.83. The number of halogens is 1. The monoisotopic (exact) mass is 196 g/mol.